The van der Waals surface area contributed by atoms with Crippen molar-refractivity contribution < 1.29 is 13.2 Å². The van der Waals surface area contributed by atoms with E-state index in [1.807, 2.05) is 6.92 Å². The summed E-state index contributed by atoms with van der Waals surface area (Å²) in [5.74, 6) is 0. The molecule has 0 aromatic carbocycles. The Kier molecular flexibility index (Phi) is 4.54. The topological polar surface area (TPSA) is 15.3 Å². The Bertz CT molecular complexity index is 255. The zero-order valence-corrected chi connectivity index (χ0v) is 11.0. The SMILES string of the molecule is CCCN(CCC(F)(F)F)C1CC2CCC(C1)N2. The van der Waals surface area contributed by atoms with Crippen LogP contribution in [0.1, 0.15) is 45.4 Å². The fourth-order valence-electron chi connectivity index (χ4n) is 3.36. The zero-order valence-electron chi connectivity index (χ0n) is 11.0. The number of rotatable bonds is 5. The third-order valence-electron chi connectivity index (χ3n) is 4.16. The second-order valence-corrected chi connectivity index (χ2v) is 5.66. The van der Waals surface area contributed by atoms with Crippen molar-refractivity contribution in [2.75, 3.05) is 13.1 Å². The van der Waals surface area contributed by atoms with Gasteiger partial charge in [-0.25, -0.2) is 0 Å². The van der Waals surface area contributed by atoms with E-state index in [4.69, 9.17) is 0 Å². The van der Waals surface area contributed by atoms with Crippen molar-refractivity contribution >= 4 is 0 Å². The lowest BCUT2D eigenvalue weighted by Gasteiger charge is -2.38. The average Bonchev–Trinajstić information content (AvgIpc) is 2.62. The molecule has 2 aliphatic rings. The van der Waals surface area contributed by atoms with E-state index in [2.05, 4.69) is 10.2 Å². The summed E-state index contributed by atoms with van der Waals surface area (Å²) in [6.45, 7) is 3.00. The molecule has 0 saturated carbocycles. The van der Waals surface area contributed by atoms with Crippen LogP contribution in [0.25, 0.3) is 0 Å². The van der Waals surface area contributed by atoms with Crippen molar-refractivity contribution in [3.63, 3.8) is 0 Å². The molecule has 106 valence electrons. The minimum absolute atomic E-state index is 0.168. The van der Waals surface area contributed by atoms with Gasteiger partial charge in [0.05, 0.1) is 6.42 Å². The molecule has 2 nitrogen and oxygen atoms in total. The van der Waals surface area contributed by atoms with Gasteiger partial charge in [-0.3, -0.25) is 4.90 Å². The molecule has 1 N–H and O–H groups in total. The maximum absolute atomic E-state index is 12.4. The highest BCUT2D eigenvalue weighted by Gasteiger charge is 2.37. The summed E-state index contributed by atoms with van der Waals surface area (Å²) in [6, 6.07) is 1.43. The van der Waals surface area contributed by atoms with E-state index in [0.29, 0.717) is 18.1 Å². The molecule has 2 aliphatic heterocycles. The average molecular weight is 264 g/mol. The van der Waals surface area contributed by atoms with Gasteiger partial charge < -0.3 is 5.32 Å². The van der Waals surface area contributed by atoms with Gasteiger partial charge in [-0.1, -0.05) is 6.92 Å². The summed E-state index contributed by atoms with van der Waals surface area (Å²) in [7, 11) is 0. The largest absolute Gasteiger partial charge is 0.390 e. The van der Waals surface area contributed by atoms with Crippen molar-refractivity contribution in [2.24, 2.45) is 0 Å². The zero-order chi connectivity index (χ0) is 13.2. The highest BCUT2D eigenvalue weighted by Crippen LogP contribution is 2.30. The smallest absolute Gasteiger partial charge is 0.311 e. The number of fused-ring (bicyclic) bond motifs is 2. The maximum atomic E-state index is 12.4. The Morgan fingerprint density at radius 1 is 1.11 bits per heavy atom. The Morgan fingerprint density at radius 2 is 1.72 bits per heavy atom. The molecule has 2 saturated heterocycles. The van der Waals surface area contributed by atoms with E-state index in [9.17, 15) is 13.2 Å². The summed E-state index contributed by atoms with van der Waals surface area (Å²) in [5.41, 5.74) is 0. The summed E-state index contributed by atoms with van der Waals surface area (Å²) < 4.78 is 37.1. The van der Waals surface area contributed by atoms with Gasteiger partial charge in [0.1, 0.15) is 0 Å². The summed E-state index contributed by atoms with van der Waals surface area (Å²) >= 11 is 0. The third-order valence-corrected chi connectivity index (χ3v) is 4.16. The van der Waals surface area contributed by atoms with Crippen LogP contribution in [0.5, 0.6) is 0 Å². The lowest BCUT2D eigenvalue weighted by molar-refractivity contribution is -0.139. The minimum Gasteiger partial charge on any atom is -0.311 e. The van der Waals surface area contributed by atoms with Crippen molar-refractivity contribution in [3.8, 4) is 0 Å². The number of alkyl halides is 3. The van der Waals surface area contributed by atoms with Gasteiger partial charge in [0, 0.05) is 24.7 Å². The number of nitrogens with one attached hydrogen (secondary N) is 1. The lowest BCUT2D eigenvalue weighted by Crippen LogP contribution is -2.49. The first-order valence-corrected chi connectivity index (χ1v) is 7.05. The molecule has 2 fully saturated rings. The molecule has 0 aliphatic carbocycles. The fourth-order valence-corrected chi connectivity index (χ4v) is 3.36. The van der Waals surface area contributed by atoms with Crippen LogP contribution >= 0.6 is 0 Å². The summed E-state index contributed by atoms with van der Waals surface area (Å²) in [6.07, 6.45) is 0.658. The summed E-state index contributed by atoms with van der Waals surface area (Å²) in [5, 5.41) is 3.54. The van der Waals surface area contributed by atoms with Gasteiger partial charge in [0.25, 0.3) is 0 Å². The van der Waals surface area contributed by atoms with Crippen LogP contribution in [0.4, 0.5) is 13.2 Å². The Hall–Kier alpha value is -0.290. The van der Waals surface area contributed by atoms with Gasteiger partial charge in [-0.05, 0) is 38.6 Å². The number of halogens is 3. The molecule has 0 aromatic heterocycles. The second-order valence-electron chi connectivity index (χ2n) is 5.66. The number of hydrogen-bond donors (Lipinski definition) is 1. The van der Waals surface area contributed by atoms with Gasteiger partial charge in [-0.15, -0.1) is 0 Å². The van der Waals surface area contributed by atoms with E-state index < -0.39 is 12.6 Å². The molecule has 18 heavy (non-hydrogen) atoms. The predicted molar refractivity (Wildman–Crippen MR) is 65.5 cm³/mol. The van der Waals surface area contributed by atoms with E-state index in [0.717, 1.165) is 25.8 Å². The van der Waals surface area contributed by atoms with Crippen LogP contribution in [0.2, 0.25) is 0 Å². The maximum Gasteiger partial charge on any atom is 0.390 e. The van der Waals surface area contributed by atoms with Crippen LogP contribution in [-0.4, -0.2) is 42.3 Å². The monoisotopic (exact) mass is 264 g/mol. The molecule has 2 rings (SSSR count). The number of nitrogens with zero attached hydrogens (tertiary/aromatic N) is 1. The third kappa shape index (κ3) is 3.85. The van der Waals surface area contributed by atoms with Crippen LogP contribution < -0.4 is 5.32 Å². The van der Waals surface area contributed by atoms with E-state index in [-0.39, 0.29) is 6.54 Å². The van der Waals surface area contributed by atoms with Crippen molar-refractivity contribution in [3.05, 3.63) is 0 Å². The van der Waals surface area contributed by atoms with Crippen molar-refractivity contribution in [1.29, 1.82) is 0 Å². The fraction of sp³-hybridized carbons (Fsp3) is 1.00. The molecular formula is C13H23F3N2. The molecule has 0 spiro atoms. The molecule has 2 heterocycles. The molecule has 2 bridgehead atoms. The number of hydrogen-bond acceptors (Lipinski definition) is 2. The molecular weight excluding hydrogens is 241 g/mol. The molecule has 0 aromatic rings. The first kappa shape index (κ1) is 14.1. The molecule has 5 heteroatoms. The normalized spacial score (nSPS) is 32.2. The van der Waals surface area contributed by atoms with Crippen LogP contribution in [0, 0.1) is 0 Å². The quantitative estimate of drug-likeness (QED) is 0.821. The second kappa shape index (κ2) is 5.78. The first-order chi connectivity index (χ1) is 8.48. The molecule has 0 amide bonds. The first-order valence-electron chi connectivity index (χ1n) is 7.05. The predicted octanol–water partition coefficient (Wildman–Crippen LogP) is 2.93. The van der Waals surface area contributed by atoms with Gasteiger partial charge in [0.15, 0.2) is 0 Å². The van der Waals surface area contributed by atoms with E-state index >= 15 is 0 Å². The highest BCUT2D eigenvalue weighted by molar-refractivity contribution is 4.95. The lowest BCUT2D eigenvalue weighted by atomic mass is 9.97. The van der Waals surface area contributed by atoms with Crippen LogP contribution in [-0.2, 0) is 0 Å². The molecule has 0 radical (unpaired) electrons. The van der Waals surface area contributed by atoms with E-state index in [1.165, 1.54) is 12.8 Å². The standard InChI is InChI=1S/C13H23F3N2/c1-2-6-18(7-5-13(14,15)16)12-8-10-3-4-11(9-12)17-10/h10-12,17H,2-9H2,1H3. The van der Waals surface area contributed by atoms with Gasteiger partial charge in [0.2, 0.25) is 0 Å². The number of piperidine rings is 1. The van der Waals surface area contributed by atoms with Crippen molar-refractivity contribution in [1.82, 2.24) is 10.2 Å². The minimum atomic E-state index is -4.03. The Labute approximate surface area is 107 Å². The molecule has 2 unspecified atom stereocenters. The Balaban J connectivity index is 1.88. The van der Waals surface area contributed by atoms with Crippen LogP contribution in [0.15, 0.2) is 0 Å². The van der Waals surface area contributed by atoms with Crippen LogP contribution in [0.3, 0.4) is 0 Å². The highest BCUT2D eigenvalue weighted by atomic mass is 19.4. The van der Waals surface area contributed by atoms with Crippen molar-refractivity contribution in [2.45, 2.75) is 69.8 Å². The van der Waals surface area contributed by atoms with Gasteiger partial charge in [-0.2, -0.15) is 13.2 Å². The van der Waals surface area contributed by atoms with Gasteiger partial charge >= 0.3 is 6.18 Å². The molecule has 2 atom stereocenters. The Morgan fingerprint density at radius 3 is 2.22 bits per heavy atom. The van der Waals surface area contributed by atoms with E-state index in [1.54, 1.807) is 0 Å². The summed E-state index contributed by atoms with van der Waals surface area (Å²) in [4.78, 5) is 2.07.